The van der Waals surface area contributed by atoms with Gasteiger partial charge in [0.05, 0.1) is 12.3 Å². The first kappa shape index (κ1) is 10.5. The van der Waals surface area contributed by atoms with Gasteiger partial charge < -0.3 is 4.52 Å². The van der Waals surface area contributed by atoms with Gasteiger partial charge in [0, 0.05) is 0 Å². The Morgan fingerprint density at radius 2 is 2.13 bits per heavy atom. The summed E-state index contributed by atoms with van der Waals surface area (Å²) in [4.78, 5) is 0. The van der Waals surface area contributed by atoms with Crippen molar-refractivity contribution in [2.75, 3.05) is 6.16 Å². The molecule has 1 unspecified atom stereocenters. The quantitative estimate of drug-likeness (QED) is 0.571. The molecular formula is C11H13O3P. The number of hydrogen-bond donors (Lipinski definition) is 0. The van der Waals surface area contributed by atoms with Crippen LogP contribution >= 0.6 is 7.60 Å². The van der Waals surface area contributed by atoms with E-state index in [9.17, 15) is 4.57 Å². The largest absolute Gasteiger partial charge is 0.424 e. The van der Waals surface area contributed by atoms with Crippen molar-refractivity contribution < 1.29 is 13.6 Å². The first-order valence-electron chi connectivity index (χ1n) is 4.87. The lowest BCUT2D eigenvalue weighted by Crippen LogP contribution is -2.12. The zero-order valence-corrected chi connectivity index (χ0v) is 9.39. The molecule has 0 amide bonds. The van der Waals surface area contributed by atoms with Crippen LogP contribution in [0.2, 0.25) is 0 Å². The Kier molecular flexibility index (Phi) is 2.94. The van der Waals surface area contributed by atoms with Crippen LogP contribution in [0.4, 0.5) is 0 Å². The predicted octanol–water partition coefficient (Wildman–Crippen LogP) is 3.23. The van der Waals surface area contributed by atoms with E-state index >= 15 is 0 Å². The Morgan fingerprint density at radius 1 is 1.40 bits per heavy atom. The second kappa shape index (κ2) is 4.21. The second-order valence-electron chi connectivity index (χ2n) is 3.44. The van der Waals surface area contributed by atoms with Crippen molar-refractivity contribution in [3.8, 4) is 5.75 Å². The van der Waals surface area contributed by atoms with Crippen LogP contribution in [0, 0.1) is 0 Å². The maximum atomic E-state index is 12.1. The van der Waals surface area contributed by atoms with Crippen molar-refractivity contribution in [2.24, 2.45) is 0 Å². The van der Waals surface area contributed by atoms with Gasteiger partial charge in [0.2, 0.25) is 0 Å². The monoisotopic (exact) mass is 224 g/mol. The van der Waals surface area contributed by atoms with Crippen LogP contribution in [0.5, 0.6) is 5.75 Å². The minimum Gasteiger partial charge on any atom is -0.424 e. The van der Waals surface area contributed by atoms with Gasteiger partial charge in [0.15, 0.2) is 0 Å². The van der Waals surface area contributed by atoms with E-state index in [1.54, 1.807) is 12.1 Å². The number of rotatable bonds is 2. The fourth-order valence-electron chi connectivity index (χ4n) is 1.41. The van der Waals surface area contributed by atoms with Gasteiger partial charge in [0.25, 0.3) is 0 Å². The van der Waals surface area contributed by atoms with Gasteiger partial charge in [-0.1, -0.05) is 30.4 Å². The minimum absolute atomic E-state index is 0.145. The molecule has 1 aliphatic rings. The van der Waals surface area contributed by atoms with E-state index in [1.807, 2.05) is 37.3 Å². The smallest absolute Gasteiger partial charge is 0.383 e. The van der Waals surface area contributed by atoms with E-state index in [-0.39, 0.29) is 6.10 Å². The maximum Gasteiger partial charge on any atom is 0.383 e. The molecule has 0 spiro atoms. The molecule has 0 saturated carbocycles. The third kappa shape index (κ3) is 2.71. The molecule has 1 heterocycles. The number of para-hydroxylation sites is 1. The van der Waals surface area contributed by atoms with Crippen molar-refractivity contribution in [3.05, 3.63) is 42.5 Å². The van der Waals surface area contributed by atoms with Crippen LogP contribution in [0.25, 0.3) is 0 Å². The molecule has 0 aliphatic carbocycles. The van der Waals surface area contributed by atoms with Gasteiger partial charge in [-0.25, -0.2) is 4.57 Å². The average Bonchev–Trinajstić information content (AvgIpc) is 2.18. The summed E-state index contributed by atoms with van der Waals surface area (Å²) >= 11 is 0. The first-order chi connectivity index (χ1) is 7.18. The number of benzene rings is 1. The molecule has 80 valence electrons. The zero-order valence-electron chi connectivity index (χ0n) is 8.50. The molecule has 2 atom stereocenters. The molecule has 0 radical (unpaired) electrons. The lowest BCUT2D eigenvalue weighted by Gasteiger charge is -2.23. The van der Waals surface area contributed by atoms with E-state index in [4.69, 9.17) is 9.05 Å². The van der Waals surface area contributed by atoms with E-state index in [0.717, 1.165) is 0 Å². The highest BCUT2D eigenvalue weighted by Gasteiger charge is 2.29. The summed E-state index contributed by atoms with van der Waals surface area (Å²) in [6, 6.07) is 9.10. The molecule has 0 fully saturated rings. The highest BCUT2D eigenvalue weighted by atomic mass is 31.2. The van der Waals surface area contributed by atoms with Crippen molar-refractivity contribution >= 4 is 7.60 Å². The summed E-state index contributed by atoms with van der Waals surface area (Å²) < 4.78 is 22.8. The van der Waals surface area contributed by atoms with Crippen molar-refractivity contribution in [1.82, 2.24) is 0 Å². The molecule has 0 aromatic heterocycles. The third-order valence-electron chi connectivity index (χ3n) is 2.05. The van der Waals surface area contributed by atoms with Gasteiger partial charge in [0.1, 0.15) is 5.75 Å². The summed E-state index contributed by atoms with van der Waals surface area (Å²) in [5.41, 5.74) is 0. The fraction of sp³-hybridized carbons (Fsp3) is 0.273. The Balaban J connectivity index is 2.12. The highest BCUT2D eigenvalue weighted by molar-refractivity contribution is 7.54. The third-order valence-corrected chi connectivity index (χ3v) is 3.85. The van der Waals surface area contributed by atoms with Crippen molar-refractivity contribution in [3.63, 3.8) is 0 Å². The standard InChI is InChI=1S/C11H13O3P/c1-10-6-5-9-15(12,13-10)14-11-7-3-2-4-8-11/h2-8,10H,9H2,1H3/t10-,15?/m1/s1. The molecule has 1 aromatic carbocycles. The van der Waals surface area contributed by atoms with Crippen LogP contribution in [0.1, 0.15) is 6.92 Å². The van der Waals surface area contributed by atoms with Gasteiger partial charge in [-0.3, -0.25) is 4.52 Å². The summed E-state index contributed by atoms with van der Waals surface area (Å²) in [6.45, 7) is 1.84. The topological polar surface area (TPSA) is 35.5 Å². The average molecular weight is 224 g/mol. The molecule has 0 N–H and O–H groups in total. The van der Waals surface area contributed by atoms with Crippen LogP contribution in [-0.2, 0) is 9.09 Å². The summed E-state index contributed by atoms with van der Waals surface area (Å²) in [7, 11) is -2.98. The Morgan fingerprint density at radius 3 is 2.80 bits per heavy atom. The molecule has 1 aromatic rings. The first-order valence-corrected chi connectivity index (χ1v) is 6.59. The Labute approximate surface area is 89.3 Å². The van der Waals surface area contributed by atoms with Crippen LogP contribution in [0.3, 0.4) is 0 Å². The Bertz CT molecular complexity index is 400. The lowest BCUT2D eigenvalue weighted by molar-refractivity contribution is 0.226. The van der Waals surface area contributed by atoms with Crippen LogP contribution < -0.4 is 4.52 Å². The molecule has 0 bridgehead atoms. The minimum atomic E-state index is -2.98. The fourth-order valence-corrected chi connectivity index (χ4v) is 3.02. The van der Waals surface area contributed by atoms with Gasteiger partial charge in [-0.15, -0.1) is 0 Å². The van der Waals surface area contributed by atoms with Gasteiger partial charge in [-0.05, 0) is 19.1 Å². The van der Waals surface area contributed by atoms with Crippen LogP contribution in [0.15, 0.2) is 42.5 Å². The molecule has 3 nitrogen and oxygen atoms in total. The lowest BCUT2D eigenvalue weighted by atomic mass is 10.3. The highest BCUT2D eigenvalue weighted by Crippen LogP contribution is 2.51. The zero-order chi connectivity index (χ0) is 10.7. The van der Waals surface area contributed by atoms with Crippen molar-refractivity contribution in [1.29, 1.82) is 0 Å². The maximum absolute atomic E-state index is 12.1. The normalized spacial score (nSPS) is 30.1. The molecule has 15 heavy (non-hydrogen) atoms. The molecule has 2 rings (SSSR count). The molecule has 1 aliphatic heterocycles. The number of hydrogen-bond acceptors (Lipinski definition) is 3. The summed E-state index contributed by atoms with van der Waals surface area (Å²) in [6.07, 6.45) is 3.92. The summed E-state index contributed by atoms with van der Waals surface area (Å²) in [5.74, 6) is 0.586. The second-order valence-corrected chi connectivity index (χ2v) is 5.42. The van der Waals surface area contributed by atoms with E-state index < -0.39 is 7.60 Å². The van der Waals surface area contributed by atoms with Crippen LogP contribution in [-0.4, -0.2) is 12.3 Å². The van der Waals surface area contributed by atoms with E-state index in [0.29, 0.717) is 11.9 Å². The molecule has 4 heteroatoms. The van der Waals surface area contributed by atoms with Gasteiger partial charge in [-0.2, -0.15) is 0 Å². The van der Waals surface area contributed by atoms with Crippen molar-refractivity contribution in [2.45, 2.75) is 13.0 Å². The Hall–Kier alpha value is -1.05. The predicted molar refractivity (Wildman–Crippen MR) is 59.2 cm³/mol. The SMILES string of the molecule is C[C@@H]1C=CCP(=O)(Oc2ccccc2)O1. The van der Waals surface area contributed by atoms with Gasteiger partial charge >= 0.3 is 7.60 Å². The van der Waals surface area contributed by atoms with E-state index in [1.165, 1.54) is 0 Å². The number of allylic oxidation sites excluding steroid dienone is 1. The molecule has 0 saturated heterocycles. The summed E-state index contributed by atoms with van der Waals surface area (Å²) in [5, 5.41) is 0. The molecular weight excluding hydrogens is 211 g/mol. The van der Waals surface area contributed by atoms with E-state index in [2.05, 4.69) is 0 Å².